The molecule has 4 heteroatoms. The van der Waals surface area contributed by atoms with Crippen molar-refractivity contribution in [1.29, 1.82) is 0 Å². The molecule has 2 fully saturated rings. The van der Waals surface area contributed by atoms with Crippen molar-refractivity contribution in [1.82, 2.24) is 10.2 Å². The Morgan fingerprint density at radius 1 is 1.45 bits per heavy atom. The molecule has 1 heterocycles. The lowest BCUT2D eigenvalue weighted by Crippen LogP contribution is -2.35. The van der Waals surface area contributed by atoms with Crippen LogP contribution in [-0.4, -0.2) is 23.4 Å². The van der Waals surface area contributed by atoms with Crippen LogP contribution in [0.4, 0.5) is 4.39 Å². The molecule has 1 amide bonds. The number of amides is 1. The molecule has 0 radical (unpaired) electrons. The van der Waals surface area contributed by atoms with Crippen LogP contribution in [0.5, 0.6) is 0 Å². The zero-order valence-electron chi connectivity index (χ0n) is 12.0. The van der Waals surface area contributed by atoms with Gasteiger partial charge in [-0.3, -0.25) is 10.1 Å². The van der Waals surface area contributed by atoms with Gasteiger partial charge >= 0.3 is 0 Å². The van der Waals surface area contributed by atoms with Gasteiger partial charge < -0.3 is 4.90 Å². The van der Waals surface area contributed by atoms with Crippen LogP contribution in [0.2, 0.25) is 0 Å². The summed E-state index contributed by atoms with van der Waals surface area (Å²) in [6.45, 7) is 4.83. The van der Waals surface area contributed by atoms with Gasteiger partial charge in [0.25, 0.3) is 0 Å². The van der Waals surface area contributed by atoms with Crippen LogP contribution in [0, 0.1) is 17.7 Å². The lowest BCUT2D eigenvalue weighted by molar-refractivity contribution is -0.130. The van der Waals surface area contributed by atoms with Crippen molar-refractivity contribution in [3.63, 3.8) is 0 Å². The highest BCUT2D eigenvalue weighted by molar-refractivity contribution is 5.84. The fourth-order valence-electron chi connectivity index (χ4n) is 3.05. The van der Waals surface area contributed by atoms with Crippen molar-refractivity contribution in [2.45, 2.75) is 38.9 Å². The van der Waals surface area contributed by atoms with Gasteiger partial charge in [0.05, 0.1) is 6.04 Å². The van der Waals surface area contributed by atoms with Crippen molar-refractivity contribution in [2.24, 2.45) is 11.8 Å². The molecule has 1 aliphatic carbocycles. The number of halogens is 1. The SMILES string of the molecule is CC1NC(c2cccc(F)c2)N(CC(C)C2CC2)C1=O. The minimum Gasteiger partial charge on any atom is -0.321 e. The first-order valence-electron chi connectivity index (χ1n) is 7.38. The van der Waals surface area contributed by atoms with Gasteiger partial charge in [-0.05, 0) is 49.3 Å². The Bertz CT molecular complexity index is 515. The molecule has 1 saturated heterocycles. The van der Waals surface area contributed by atoms with Gasteiger partial charge in [-0.15, -0.1) is 0 Å². The van der Waals surface area contributed by atoms with Gasteiger partial charge in [-0.25, -0.2) is 4.39 Å². The van der Waals surface area contributed by atoms with Gasteiger partial charge in [-0.2, -0.15) is 0 Å². The fourth-order valence-corrected chi connectivity index (χ4v) is 3.05. The van der Waals surface area contributed by atoms with Crippen molar-refractivity contribution >= 4 is 5.91 Å². The summed E-state index contributed by atoms with van der Waals surface area (Å²) < 4.78 is 13.4. The highest BCUT2D eigenvalue weighted by Crippen LogP contribution is 2.38. The number of nitrogens with zero attached hydrogens (tertiary/aromatic N) is 1. The quantitative estimate of drug-likeness (QED) is 0.917. The summed E-state index contributed by atoms with van der Waals surface area (Å²) in [5, 5.41) is 3.27. The standard InChI is InChI=1S/C16H21FN2O/c1-10(12-6-7-12)9-19-15(18-11(2)16(19)20)13-4-3-5-14(17)8-13/h3-5,8,10-12,15,18H,6-7,9H2,1-2H3. The molecule has 1 aromatic rings. The van der Waals surface area contributed by atoms with Gasteiger partial charge in [-0.1, -0.05) is 19.1 Å². The van der Waals surface area contributed by atoms with Crippen LogP contribution >= 0.6 is 0 Å². The van der Waals surface area contributed by atoms with Crippen LogP contribution in [0.1, 0.15) is 38.4 Å². The molecule has 3 nitrogen and oxygen atoms in total. The first-order chi connectivity index (χ1) is 9.56. The Labute approximate surface area is 119 Å². The number of carbonyl (C=O) groups is 1. The van der Waals surface area contributed by atoms with Crippen LogP contribution in [0.15, 0.2) is 24.3 Å². The first kappa shape index (κ1) is 13.6. The Kier molecular flexibility index (Phi) is 3.50. The molecular weight excluding hydrogens is 255 g/mol. The van der Waals surface area contributed by atoms with E-state index in [4.69, 9.17) is 0 Å². The summed E-state index contributed by atoms with van der Waals surface area (Å²) in [5.41, 5.74) is 0.825. The van der Waals surface area contributed by atoms with Crippen LogP contribution < -0.4 is 5.32 Å². The number of nitrogens with one attached hydrogen (secondary N) is 1. The predicted octanol–water partition coefficient (Wildman–Crippen LogP) is 2.69. The number of hydrogen-bond acceptors (Lipinski definition) is 2. The Morgan fingerprint density at radius 2 is 2.20 bits per heavy atom. The molecule has 0 spiro atoms. The minimum absolute atomic E-state index is 0.117. The van der Waals surface area contributed by atoms with E-state index in [-0.39, 0.29) is 23.9 Å². The first-order valence-corrected chi connectivity index (χ1v) is 7.38. The molecular formula is C16H21FN2O. The Balaban J connectivity index is 1.81. The number of rotatable bonds is 4. The van der Waals surface area contributed by atoms with Crippen molar-refractivity contribution in [3.8, 4) is 0 Å². The van der Waals surface area contributed by atoms with E-state index < -0.39 is 0 Å². The molecule has 3 rings (SSSR count). The largest absolute Gasteiger partial charge is 0.321 e. The average Bonchev–Trinajstić information content (AvgIpc) is 3.22. The molecule has 1 N–H and O–H groups in total. The molecule has 1 aromatic carbocycles. The van der Waals surface area contributed by atoms with E-state index >= 15 is 0 Å². The van der Waals surface area contributed by atoms with E-state index in [1.165, 1.54) is 25.0 Å². The lowest BCUT2D eigenvalue weighted by atomic mass is 10.0. The summed E-state index contributed by atoms with van der Waals surface area (Å²) in [6, 6.07) is 6.32. The second-order valence-electron chi connectivity index (χ2n) is 6.15. The summed E-state index contributed by atoms with van der Waals surface area (Å²) in [6.07, 6.45) is 2.35. The molecule has 0 bridgehead atoms. The Hall–Kier alpha value is -1.42. The Morgan fingerprint density at radius 3 is 2.85 bits per heavy atom. The maximum Gasteiger partial charge on any atom is 0.241 e. The lowest BCUT2D eigenvalue weighted by Gasteiger charge is -2.27. The number of carbonyl (C=O) groups excluding carboxylic acids is 1. The summed E-state index contributed by atoms with van der Waals surface area (Å²) in [4.78, 5) is 14.2. The number of hydrogen-bond donors (Lipinski definition) is 1. The normalized spacial score (nSPS) is 27.9. The molecule has 20 heavy (non-hydrogen) atoms. The smallest absolute Gasteiger partial charge is 0.241 e. The maximum absolute atomic E-state index is 13.4. The third-order valence-electron chi connectivity index (χ3n) is 4.45. The molecule has 2 aliphatic rings. The van der Waals surface area contributed by atoms with Crippen molar-refractivity contribution in [3.05, 3.63) is 35.6 Å². The predicted molar refractivity (Wildman–Crippen MR) is 75.3 cm³/mol. The monoisotopic (exact) mass is 276 g/mol. The van der Waals surface area contributed by atoms with Gasteiger partial charge in [0.1, 0.15) is 12.0 Å². The number of benzene rings is 1. The summed E-state index contributed by atoms with van der Waals surface area (Å²) in [5.74, 6) is 1.13. The fraction of sp³-hybridized carbons (Fsp3) is 0.562. The zero-order valence-corrected chi connectivity index (χ0v) is 12.0. The molecule has 108 valence electrons. The third-order valence-corrected chi connectivity index (χ3v) is 4.45. The minimum atomic E-state index is -0.258. The second kappa shape index (κ2) is 5.17. The van der Waals surface area contributed by atoms with Gasteiger partial charge in [0, 0.05) is 6.54 Å². The topological polar surface area (TPSA) is 32.3 Å². The second-order valence-corrected chi connectivity index (χ2v) is 6.15. The van der Waals surface area contributed by atoms with E-state index in [0.29, 0.717) is 5.92 Å². The van der Waals surface area contributed by atoms with Crippen molar-refractivity contribution < 1.29 is 9.18 Å². The molecule has 3 unspecified atom stereocenters. The zero-order chi connectivity index (χ0) is 14.3. The van der Waals surface area contributed by atoms with Gasteiger partial charge in [0.15, 0.2) is 0 Å². The molecule has 3 atom stereocenters. The van der Waals surface area contributed by atoms with E-state index in [1.807, 2.05) is 17.9 Å². The third kappa shape index (κ3) is 2.57. The van der Waals surface area contributed by atoms with E-state index in [1.54, 1.807) is 6.07 Å². The molecule has 1 aliphatic heterocycles. The average molecular weight is 276 g/mol. The molecule has 0 aromatic heterocycles. The highest BCUT2D eigenvalue weighted by Gasteiger charge is 2.39. The van der Waals surface area contributed by atoms with Crippen LogP contribution in [-0.2, 0) is 4.79 Å². The summed E-state index contributed by atoms with van der Waals surface area (Å²) in [7, 11) is 0. The molecule has 1 saturated carbocycles. The van der Waals surface area contributed by atoms with Crippen molar-refractivity contribution in [2.75, 3.05) is 6.54 Å². The summed E-state index contributed by atoms with van der Waals surface area (Å²) >= 11 is 0. The van der Waals surface area contributed by atoms with Crippen LogP contribution in [0.3, 0.4) is 0 Å². The van der Waals surface area contributed by atoms with E-state index in [0.717, 1.165) is 18.0 Å². The van der Waals surface area contributed by atoms with Gasteiger partial charge in [0.2, 0.25) is 5.91 Å². The van der Waals surface area contributed by atoms with Crippen LogP contribution in [0.25, 0.3) is 0 Å². The highest BCUT2D eigenvalue weighted by atomic mass is 19.1. The van der Waals surface area contributed by atoms with E-state index in [9.17, 15) is 9.18 Å². The maximum atomic E-state index is 13.4. The van der Waals surface area contributed by atoms with E-state index in [2.05, 4.69) is 12.2 Å².